The second-order valence-electron chi connectivity index (χ2n) is 4.22. The Bertz CT molecular complexity index is 542. The summed E-state index contributed by atoms with van der Waals surface area (Å²) < 4.78 is 29.7. The van der Waals surface area contributed by atoms with Crippen molar-refractivity contribution in [3.05, 3.63) is 28.7 Å². The number of hydrogen-bond acceptors (Lipinski definition) is 5. The van der Waals surface area contributed by atoms with Crippen LogP contribution in [0.15, 0.2) is 33.6 Å². The smallest absolute Gasteiger partial charge is 0.319 e. The highest BCUT2D eigenvalue weighted by Gasteiger charge is 2.17. The highest BCUT2D eigenvalue weighted by molar-refractivity contribution is 9.10. The van der Waals surface area contributed by atoms with E-state index in [0.717, 1.165) is 4.47 Å². The molecule has 1 aromatic rings. The van der Waals surface area contributed by atoms with Gasteiger partial charge in [-0.15, -0.1) is 0 Å². The maximum atomic E-state index is 12.2. The molecule has 0 atom stereocenters. The molecule has 112 valence electrons. The second kappa shape index (κ2) is 7.75. The Morgan fingerprint density at radius 1 is 1.30 bits per heavy atom. The number of esters is 1. The number of methoxy groups -OCH3 is 1. The lowest BCUT2D eigenvalue weighted by Gasteiger charge is -2.18. The fourth-order valence-corrected chi connectivity index (χ4v) is 3.15. The molecule has 5 nitrogen and oxygen atoms in total. The van der Waals surface area contributed by atoms with E-state index in [9.17, 15) is 13.2 Å². The van der Waals surface area contributed by atoms with Crippen molar-refractivity contribution in [2.45, 2.75) is 11.8 Å². The van der Waals surface area contributed by atoms with Gasteiger partial charge < -0.3 is 4.74 Å². The van der Waals surface area contributed by atoms with Crippen molar-refractivity contribution in [1.29, 1.82) is 0 Å². The molecule has 0 aromatic heterocycles. The average molecular weight is 364 g/mol. The zero-order valence-corrected chi connectivity index (χ0v) is 13.9. The number of benzene rings is 1. The minimum Gasteiger partial charge on any atom is -0.468 e. The lowest BCUT2D eigenvalue weighted by Crippen LogP contribution is -2.34. The Balaban J connectivity index is 2.66. The van der Waals surface area contributed by atoms with Crippen molar-refractivity contribution in [1.82, 2.24) is 4.90 Å². The van der Waals surface area contributed by atoms with Gasteiger partial charge in [0.05, 0.1) is 24.3 Å². The molecule has 0 saturated heterocycles. The predicted molar refractivity (Wildman–Crippen MR) is 80.3 cm³/mol. The predicted octanol–water partition coefficient (Wildman–Crippen LogP) is 1.72. The van der Waals surface area contributed by atoms with Gasteiger partial charge in [0.1, 0.15) is 0 Å². The number of sulfone groups is 1. The molecule has 0 aliphatic rings. The highest BCUT2D eigenvalue weighted by Crippen LogP contribution is 2.16. The van der Waals surface area contributed by atoms with Gasteiger partial charge in [0.15, 0.2) is 9.84 Å². The van der Waals surface area contributed by atoms with E-state index < -0.39 is 9.84 Å². The molecule has 20 heavy (non-hydrogen) atoms. The molecule has 0 spiro atoms. The van der Waals surface area contributed by atoms with Gasteiger partial charge in [0, 0.05) is 11.0 Å². The molecule has 7 heteroatoms. The highest BCUT2D eigenvalue weighted by atomic mass is 79.9. The largest absolute Gasteiger partial charge is 0.468 e. The molecule has 0 saturated carbocycles. The van der Waals surface area contributed by atoms with Crippen molar-refractivity contribution in [2.24, 2.45) is 0 Å². The summed E-state index contributed by atoms with van der Waals surface area (Å²) in [5.74, 6) is -0.396. The summed E-state index contributed by atoms with van der Waals surface area (Å²) in [6.45, 7) is 2.85. The Labute approximate surface area is 128 Å². The van der Waals surface area contributed by atoms with Crippen LogP contribution in [0.1, 0.15) is 6.92 Å². The van der Waals surface area contributed by atoms with Gasteiger partial charge in [-0.2, -0.15) is 0 Å². The maximum Gasteiger partial charge on any atom is 0.319 e. The van der Waals surface area contributed by atoms with E-state index in [4.69, 9.17) is 0 Å². The number of carbonyl (C=O) groups is 1. The summed E-state index contributed by atoms with van der Waals surface area (Å²) in [4.78, 5) is 13.2. The Morgan fingerprint density at radius 2 is 1.90 bits per heavy atom. The average Bonchev–Trinajstić information content (AvgIpc) is 2.43. The molecule has 1 aromatic carbocycles. The number of carbonyl (C=O) groups excluding carboxylic acids is 1. The zero-order valence-electron chi connectivity index (χ0n) is 11.5. The lowest BCUT2D eigenvalue weighted by atomic mass is 10.4. The van der Waals surface area contributed by atoms with Crippen LogP contribution in [0.25, 0.3) is 0 Å². The van der Waals surface area contributed by atoms with Crippen LogP contribution in [0.3, 0.4) is 0 Å². The van der Waals surface area contributed by atoms with E-state index in [1.807, 2.05) is 6.92 Å². The van der Waals surface area contributed by atoms with E-state index in [1.54, 1.807) is 29.2 Å². The minimum atomic E-state index is -3.34. The van der Waals surface area contributed by atoms with Crippen LogP contribution < -0.4 is 0 Å². The normalized spacial score (nSPS) is 11.6. The summed E-state index contributed by atoms with van der Waals surface area (Å²) in [6.07, 6.45) is 0. The number of nitrogens with zero attached hydrogens (tertiary/aromatic N) is 1. The van der Waals surface area contributed by atoms with Gasteiger partial charge in [0.2, 0.25) is 0 Å². The molecule has 0 N–H and O–H groups in total. The van der Waals surface area contributed by atoms with Crippen molar-refractivity contribution in [2.75, 3.05) is 32.5 Å². The van der Waals surface area contributed by atoms with Gasteiger partial charge in [-0.05, 0) is 30.8 Å². The second-order valence-corrected chi connectivity index (χ2v) is 7.24. The third kappa shape index (κ3) is 5.22. The van der Waals surface area contributed by atoms with E-state index in [2.05, 4.69) is 20.7 Å². The first-order valence-electron chi connectivity index (χ1n) is 6.16. The molecular weight excluding hydrogens is 346 g/mol. The fraction of sp³-hybridized carbons (Fsp3) is 0.462. The molecule has 1 rings (SSSR count). The monoisotopic (exact) mass is 363 g/mol. The number of rotatable bonds is 7. The third-order valence-corrected chi connectivity index (χ3v) is 5.12. The summed E-state index contributed by atoms with van der Waals surface area (Å²) in [5.41, 5.74) is 0. The van der Waals surface area contributed by atoms with Crippen LogP contribution in [0, 0.1) is 0 Å². The maximum absolute atomic E-state index is 12.2. The van der Waals surface area contributed by atoms with Crippen LogP contribution in [0.5, 0.6) is 0 Å². The van der Waals surface area contributed by atoms with Crippen molar-refractivity contribution in [3.63, 3.8) is 0 Å². The number of hydrogen-bond donors (Lipinski definition) is 0. The van der Waals surface area contributed by atoms with E-state index in [1.165, 1.54) is 7.11 Å². The van der Waals surface area contributed by atoms with Crippen LogP contribution in [0.4, 0.5) is 0 Å². The van der Waals surface area contributed by atoms with E-state index >= 15 is 0 Å². The zero-order chi connectivity index (χ0) is 15.2. The molecule has 0 fully saturated rings. The van der Waals surface area contributed by atoms with Crippen LogP contribution in [0.2, 0.25) is 0 Å². The van der Waals surface area contributed by atoms with Gasteiger partial charge in [-0.3, -0.25) is 9.69 Å². The first-order chi connectivity index (χ1) is 9.39. The van der Waals surface area contributed by atoms with Crippen molar-refractivity contribution < 1.29 is 17.9 Å². The summed E-state index contributed by atoms with van der Waals surface area (Å²) in [6, 6.07) is 6.52. The van der Waals surface area contributed by atoms with Gasteiger partial charge in [0.25, 0.3) is 0 Å². The van der Waals surface area contributed by atoms with Crippen LogP contribution >= 0.6 is 15.9 Å². The number of likely N-dealkylation sites (N-methyl/N-ethyl adjacent to an activating group) is 1. The van der Waals surface area contributed by atoms with E-state index in [-0.39, 0.29) is 23.2 Å². The van der Waals surface area contributed by atoms with Crippen LogP contribution in [-0.4, -0.2) is 51.8 Å². The standard InChI is InChI=1S/C13H18BrNO4S/c1-3-15(10-13(16)19-2)8-9-20(17,18)12-6-4-11(14)5-7-12/h4-7H,3,8-10H2,1-2H3. The molecule has 0 radical (unpaired) electrons. The van der Waals surface area contributed by atoms with Crippen molar-refractivity contribution in [3.8, 4) is 0 Å². The van der Waals surface area contributed by atoms with Gasteiger partial charge in [-0.1, -0.05) is 22.9 Å². The molecule has 0 aliphatic heterocycles. The minimum absolute atomic E-state index is 0.0283. The summed E-state index contributed by atoms with van der Waals surface area (Å²) in [7, 11) is -2.03. The van der Waals surface area contributed by atoms with Gasteiger partial charge >= 0.3 is 5.97 Å². The van der Waals surface area contributed by atoms with Crippen molar-refractivity contribution >= 4 is 31.7 Å². The SMILES string of the molecule is CCN(CCS(=O)(=O)c1ccc(Br)cc1)CC(=O)OC. The Hall–Kier alpha value is -0.920. The fourth-order valence-electron chi connectivity index (χ4n) is 1.61. The number of halogens is 1. The topological polar surface area (TPSA) is 63.7 Å². The van der Waals surface area contributed by atoms with E-state index in [0.29, 0.717) is 13.1 Å². The summed E-state index contributed by atoms with van der Waals surface area (Å²) in [5, 5.41) is 0. The lowest BCUT2D eigenvalue weighted by molar-refractivity contribution is -0.141. The number of ether oxygens (including phenoxy) is 1. The molecule has 0 unspecified atom stereocenters. The molecule has 0 bridgehead atoms. The molecule has 0 aliphatic carbocycles. The Kier molecular flexibility index (Phi) is 6.64. The summed E-state index contributed by atoms with van der Waals surface area (Å²) >= 11 is 3.27. The molecule has 0 amide bonds. The third-order valence-electron chi connectivity index (χ3n) is 2.88. The Morgan fingerprint density at radius 3 is 2.40 bits per heavy atom. The first-order valence-corrected chi connectivity index (χ1v) is 8.61. The molecule has 0 heterocycles. The first kappa shape index (κ1) is 17.1. The molecular formula is C13H18BrNO4S. The van der Waals surface area contributed by atoms with Gasteiger partial charge in [-0.25, -0.2) is 8.42 Å². The van der Waals surface area contributed by atoms with Crippen LogP contribution in [-0.2, 0) is 19.4 Å². The quantitative estimate of drug-likeness (QED) is 0.690.